The highest BCUT2D eigenvalue weighted by molar-refractivity contribution is 7.89. The molecule has 0 atom stereocenters. The van der Waals surface area contributed by atoms with Crippen molar-refractivity contribution in [3.63, 3.8) is 0 Å². The lowest BCUT2D eigenvalue weighted by Gasteiger charge is -2.12. The fourth-order valence-corrected chi connectivity index (χ4v) is 2.61. The summed E-state index contributed by atoms with van der Waals surface area (Å²) in [5.41, 5.74) is 6.02. The Morgan fingerprint density at radius 3 is 2.78 bits per heavy atom. The predicted octanol–water partition coefficient (Wildman–Crippen LogP) is 1.36. The highest BCUT2D eigenvalue weighted by Gasteiger charge is 2.22. The first-order valence-corrected chi connectivity index (χ1v) is 7.47. The number of nitrogens with one attached hydrogen (secondary N) is 1. The van der Waals surface area contributed by atoms with Gasteiger partial charge in [0.2, 0.25) is 10.0 Å². The molecule has 2 rings (SSSR count). The van der Waals surface area contributed by atoms with Crippen LogP contribution >= 0.6 is 0 Å². The summed E-state index contributed by atoms with van der Waals surface area (Å²) in [6.45, 7) is 0.542. The van der Waals surface area contributed by atoms with Crippen LogP contribution in [0.25, 0.3) is 0 Å². The molecule has 100 valence electrons. The fraction of sp³-hybridized carbons (Fsp3) is 0.500. The number of rotatable bonds is 6. The largest absolute Gasteiger partial charge is 0.492 e. The molecule has 1 saturated carbocycles. The number of anilines is 1. The fourth-order valence-electron chi connectivity index (χ4n) is 1.71. The van der Waals surface area contributed by atoms with Gasteiger partial charge in [0.05, 0.1) is 6.61 Å². The minimum Gasteiger partial charge on any atom is -0.492 e. The molecule has 0 aliphatic heterocycles. The Labute approximate surface area is 107 Å². The average Bonchev–Trinajstić information content (AvgIpc) is 3.15. The molecule has 0 bridgehead atoms. The summed E-state index contributed by atoms with van der Waals surface area (Å²) in [7, 11) is -2.17. The van der Waals surface area contributed by atoms with Crippen molar-refractivity contribution in [3.8, 4) is 5.75 Å². The molecule has 5 nitrogen and oxygen atoms in total. The molecule has 0 spiro atoms. The van der Waals surface area contributed by atoms with Crippen LogP contribution in [0.3, 0.4) is 0 Å². The number of hydrogen-bond donors (Lipinski definition) is 2. The molecule has 1 fully saturated rings. The van der Waals surface area contributed by atoms with Gasteiger partial charge in [0.15, 0.2) is 0 Å². The number of benzene rings is 1. The Balaban J connectivity index is 2.16. The number of ether oxygens (including phenoxy) is 1. The zero-order valence-electron chi connectivity index (χ0n) is 10.3. The Morgan fingerprint density at radius 2 is 2.17 bits per heavy atom. The van der Waals surface area contributed by atoms with Gasteiger partial charge in [0.25, 0.3) is 0 Å². The van der Waals surface area contributed by atoms with Crippen LogP contribution in [0.5, 0.6) is 5.75 Å². The van der Waals surface area contributed by atoms with E-state index >= 15 is 0 Å². The van der Waals surface area contributed by atoms with E-state index in [1.807, 2.05) is 0 Å². The van der Waals surface area contributed by atoms with E-state index in [-0.39, 0.29) is 4.90 Å². The number of hydrogen-bond acceptors (Lipinski definition) is 4. The summed E-state index contributed by atoms with van der Waals surface area (Å²) < 4.78 is 31.5. The van der Waals surface area contributed by atoms with Crippen molar-refractivity contribution >= 4 is 15.7 Å². The minimum absolute atomic E-state index is 0.0980. The minimum atomic E-state index is -3.54. The van der Waals surface area contributed by atoms with Gasteiger partial charge >= 0.3 is 0 Å². The normalized spacial score (nSPS) is 15.6. The smallest absolute Gasteiger partial charge is 0.244 e. The Bertz CT molecular complexity index is 524. The van der Waals surface area contributed by atoms with Crippen LogP contribution in [-0.4, -0.2) is 22.1 Å². The average molecular weight is 270 g/mol. The van der Waals surface area contributed by atoms with Gasteiger partial charge in [-0.1, -0.05) is 12.8 Å². The molecule has 1 aliphatic carbocycles. The van der Waals surface area contributed by atoms with Gasteiger partial charge in [-0.2, -0.15) is 0 Å². The molecular weight excluding hydrogens is 252 g/mol. The van der Waals surface area contributed by atoms with Crippen molar-refractivity contribution in [2.75, 3.05) is 19.4 Å². The van der Waals surface area contributed by atoms with E-state index in [0.717, 1.165) is 12.3 Å². The van der Waals surface area contributed by atoms with Gasteiger partial charge in [0.1, 0.15) is 10.6 Å². The van der Waals surface area contributed by atoms with E-state index in [1.165, 1.54) is 26.0 Å². The third-order valence-corrected chi connectivity index (χ3v) is 4.44. The Kier molecular flexibility index (Phi) is 3.77. The molecule has 0 heterocycles. The van der Waals surface area contributed by atoms with Crippen LogP contribution < -0.4 is 15.2 Å². The molecule has 0 unspecified atom stereocenters. The molecule has 18 heavy (non-hydrogen) atoms. The SMILES string of the molecule is CNS(=O)(=O)c1cc(N)ccc1OCCC1CC1. The standard InChI is InChI=1S/C12H18N2O3S/c1-14-18(15,16)12-8-10(13)4-5-11(12)17-7-6-9-2-3-9/h4-5,8-9,14H,2-3,6-7,13H2,1H3. The van der Waals surface area contributed by atoms with Crippen LogP contribution in [0.2, 0.25) is 0 Å². The molecule has 0 aromatic heterocycles. The maximum absolute atomic E-state index is 11.8. The second-order valence-corrected chi connectivity index (χ2v) is 6.35. The van der Waals surface area contributed by atoms with Crippen molar-refractivity contribution in [2.45, 2.75) is 24.2 Å². The van der Waals surface area contributed by atoms with Gasteiger partial charge in [-0.05, 0) is 37.6 Å². The number of sulfonamides is 1. The van der Waals surface area contributed by atoms with Crippen LogP contribution in [0.1, 0.15) is 19.3 Å². The molecule has 1 aliphatic rings. The first kappa shape index (κ1) is 13.2. The van der Waals surface area contributed by atoms with E-state index in [2.05, 4.69) is 4.72 Å². The third kappa shape index (κ3) is 3.14. The highest BCUT2D eigenvalue weighted by atomic mass is 32.2. The van der Waals surface area contributed by atoms with E-state index < -0.39 is 10.0 Å². The summed E-state index contributed by atoms with van der Waals surface area (Å²) in [4.78, 5) is 0.0980. The maximum atomic E-state index is 11.8. The molecule has 0 saturated heterocycles. The van der Waals surface area contributed by atoms with E-state index in [0.29, 0.717) is 18.0 Å². The summed E-state index contributed by atoms with van der Waals surface area (Å²) >= 11 is 0. The lowest BCUT2D eigenvalue weighted by Crippen LogP contribution is -2.20. The third-order valence-electron chi connectivity index (χ3n) is 3.01. The van der Waals surface area contributed by atoms with Gasteiger partial charge < -0.3 is 10.5 Å². The summed E-state index contributed by atoms with van der Waals surface area (Å²) in [5.74, 6) is 1.11. The molecule has 0 amide bonds. The summed E-state index contributed by atoms with van der Waals surface area (Å²) in [5, 5.41) is 0. The second kappa shape index (κ2) is 5.16. The monoisotopic (exact) mass is 270 g/mol. The van der Waals surface area contributed by atoms with Crippen molar-refractivity contribution < 1.29 is 13.2 Å². The summed E-state index contributed by atoms with van der Waals surface area (Å²) in [6.07, 6.45) is 3.49. The number of nitrogens with two attached hydrogens (primary N) is 1. The summed E-state index contributed by atoms with van der Waals surface area (Å²) in [6, 6.07) is 4.66. The van der Waals surface area contributed by atoms with Crippen molar-refractivity contribution in [1.82, 2.24) is 4.72 Å². The van der Waals surface area contributed by atoms with Crippen molar-refractivity contribution in [1.29, 1.82) is 0 Å². The lowest BCUT2D eigenvalue weighted by molar-refractivity contribution is 0.295. The van der Waals surface area contributed by atoms with Crippen LogP contribution in [0.15, 0.2) is 23.1 Å². The van der Waals surface area contributed by atoms with Gasteiger partial charge in [-0.25, -0.2) is 13.1 Å². The van der Waals surface area contributed by atoms with Crippen molar-refractivity contribution in [3.05, 3.63) is 18.2 Å². The Hall–Kier alpha value is -1.27. The topological polar surface area (TPSA) is 81.4 Å². The van der Waals surface area contributed by atoms with Gasteiger partial charge in [0, 0.05) is 5.69 Å². The first-order chi connectivity index (χ1) is 8.53. The highest BCUT2D eigenvalue weighted by Crippen LogP contribution is 2.33. The van der Waals surface area contributed by atoms with Crippen LogP contribution in [0.4, 0.5) is 5.69 Å². The first-order valence-electron chi connectivity index (χ1n) is 5.99. The molecule has 3 N–H and O–H groups in total. The molecule has 1 aromatic carbocycles. The zero-order valence-corrected chi connectivity index (χ0v) is 11.2. The van der Waals surface area contributed by atoms with Gasteiger partial charge in [-0.15, -0.1) is 0 Å². The van der Waals surface area contributed by atoms with E-state index in [4.69, 9.17) is 10.5 Å². The lowest BCUT2D eigenvalue weighted by atomic mass is 10.3. The maximum Gasteiger partial charge on any atom is 0.244 e. The predicted molar refractivity (Wildman–Crippen MR) is 69.9 cm³/mol. The Morgan fingerprint density at radius 1 is 1.44 bits per heavy atom. The van der Waals surface area contributed by atoms with Crippen LogP contribution in [-0.2, 0) is 10.0 Å². The van der Waals surface area contributed by atoms with Crippen molar-refractivity contribution in [2.24, 2.45) is 5.92 Å². The molecule has 6 heteroatoms. The molecule has 0 radical (unpaired) electrons. The second-order valence-electron chi connectivity index (χ2n) is 4.49. The quantitative estimate of drug-likeness (QED) is 0.765. The van der Waals surface area contributed by atoms with E-state index in [9.17, 15) is 8.42 Å². The molecule has 1 aromatic rings. The van der Waals surface area contributed by atoms with Gasteiger partial charge in [-0.3, -0.25) is 0 Å². The zero-order chi connectivity index (χ0) is 13.2. The van der Waals surface area contributed by atoms with Crippen LogP contribution in [0, 0.1) is 5.92 Å². The molecular formula is C12H18N2O3S. The van der Waals surface area contributed by atoms with E-state index in [1.54, 1.807) is 12.1 Å². The number of nitrogen functional groups attached to an aromatic ring is 1.